The molecular formula is C25H18FN3O4. The molecule has 1 aromatic heterocycles. The van der Waals surface area contributed by atoms with Crippen LogP contribution in [0.25, 0.3) is 11.3 Å². The predicted molar refractivity (Wildman–Crippen MR) is 118 cm³/mol. The van der Waals surface area contributed by atoms with Crippen LogP contribution in [-0.4, -0.2) is 22.9 Å². The number of amides is 1. The van der Waals surface area contributed by atoms with Gasteiger partial charge in [-0.2, -0.15) is 0 Å². The number of fused-ring (bicyclic) bond motifs is 1. The minimum absolute atomic E-state index is 0.209. The molecule has 3 aromatic carbocycles. The van der Waals surface area contributed by atoms with Gasteiger partial charge in [0.1, 0.15) is 11.6 Å². The van der Waals surface area contributed by atoms with Crippen molar-refractivity contribution < 1.29 is 23.4 Å². The molecule has 0 unspecified atom stereocenters. The maximum absolute atomic E-state index is 13.0. The van der Waals surface area contributed by atoms with Crippen LogP contribution in [0.15, 0.2) is 78.9 Å². The Morgan fingerprint density at radius 3 is 2.61 bits per heavy atom. The highest BCUT2D eigenvalue weighted by atomic mass is 19.1. The zero-order valence-corrected chi connectivity index (χ0v) is 17.3. The summed E-state index contributed by atoms with van der Waals surface area (Å²) in [4.78, 5) is 12.7. The van der Waals surface area contributed by atoms with Crippen LogP contribution in [0.4, 0.5) is 4.39 Å². The van der Waals surface area contributed by atoms with Crippen LogP contribution in [0.2, 0.25) is 0 Å². The molecule has 164 valence electrons. The zero-order valence-electron chi connectivity index (χ0n) is 17.3. The summed E-state index contributed by atoms with van der Waals surface area (Å²) in [5.41, 5.74) is 2.74. The predicted octanol–water partition coefficient (Wildman–Crippen LogP) is 4.73. The van der Waals surface area contributed by atoms with E-state index in [1.165, 1.54) is 24.3 Å². The van der Waals surface area contributed by atoms with Gasteiger partial charge in [-0.15, -0.1) is 10.2 Å². The molecule has 0 radical (unpaired) electrons. The Hall–Kier alpha value is -4.46. The number of benzene rings is 3. The zero-order chi connectivity index (χ0) is 22.6. The van der Waals surface area contributed by atoms with Crippen molar-refractivity contribution in [2.75, 3.05) is 6.79 Å². The monoisotopic (exact) mass is 443 g/mol. The summed E-state index contributed by atoms with van der Waals surface area (Å²) in [6.07, 6.45) is 0. The highest BCUT2D eigenvalue weighted by Gasteiger charge is 2.14. The lowest BCUT2D eigenvalue weighted by molar-refractivity contribution is 0.0951. The van der Waals surface area contributed by atoms with Crippen LogP contribution in [0.3, 0.4) is 0 Å². The molecule has 0 fully saturated rings. The first-order valence-corrected chi connectivity index (χ1v) is 10.2. The molecule has 8 heteroatoms. The Morgan fingerprint density at radius 2 is 1.79 bits per heavy atom. The lowest BCUT2D eigenvalue weighted by Gasteiger charge is -2.08. The van der Waals surface area contributed by atoms with Gasteiger partial charge >= 0.3 is 0 Å². The lowest BCUT2D eigenvalue weighted by Crippen LogP contribution is -2.22. The first-order valence-electron chi connectivity index (χ1n) is 10.2. The van der Waals surface area contributed by atoms with Gasteiger partial charge in [0.25, 0.3) is 5.91 Å². The Morgan fingerprint density at radius 1 is 0.939 bits per heavy atom. The molecule has 0 saturated carbocycles. The fourth-order valence-electron chi connectivity index (χ4n) is 3.31. The van der Waals surface area contributed by atoms with E-state index in [2.05, 4.69) is 15.5 Å². The van der Waals surface area contributed by atoms with E-state index in [9.17, 15) is 9.18 Å². The average Bonchev–Trinajstić information content (AvgIpc) is 3.32. The molecule has 0 aliphatic carbocycles. The first-order chi connectivity index (χ1) is 16.1. The van der Waals surface area contributed by atoms with Crippen molar-refractivity contribution in [2.24, 2.45) is 0 Å². The second-order valence-electron chi connectivity index (χ2n) is 7.26. The van der Waals surface area contributed by atoms with Gasteiger partial charge in [-0.25, -0.2) is 4.39 Å². The summed E-state index contributed by atoms with van der Waals surface area (Å²) in [6.45, 7) is 0.565. The van der Waals surface area contributed by atoms with Crippen molar-refractivity contribution in [3.05, 3.63) is 95.8 Å². The van der Waals surface area contributed by atoms with Gasteiger partial charge in [0.2, 0.25) is 12.7 Å². The summed E-state index contributed by atoms with van der Waals surface area (Å²) in [7, 11) is 0. The highest BCUT2D eigenvalue weighted by molar-refractivity contribution is 5.95. The van der Waals surface area contributed by atoms with Crippen molar-refractivity contribution in [3.63, 3.8) is 0 Å². The third kappa shape index (κ3) is 4.74. The quantitative estimate of drug-likeness (QED) is 0.464. The standard InChI is InChI=1S/C25H18FN3O4/c26-19-5-7-20(8-6-19)33-24-11-9-21(28-29-24)17-2-1-3-18(13-17)25(30)27-14-16-4-10-22-23(12-16)32-15-31-22/h1-13H,14-15H2,(H,27,30). The summed E-state index contributed by atoms with van der Waals surface area (Å²) in [5.74, 6) is 1.56. The van der Waals surface area contributed by atoms with Crippen molar-refractivity contribution in [3.8, 4) is 34.4 Å². The number of ether oxygens (including phenoxy) is 3. The normalized spacial score (nSPS) is 11.8. The number of nitrogens with one attached hydrogen (secondary N) is 1. The minimum Gasteiger partial charge on any atom is -0.454 e. The van der Waals surface area contributed by atoms with Gasteiger partial charge < -0.3 is 19.5 Å². The average molecular weight is 443 g/mol. The summed E-state index contributed by atoms with van der Waals surface area (Å²) in [6, 6.07) is 21.7. The third-order valence-corrected chi connectivity index (χ3v) is 4.99. The second kappa shape index (κ2) is 8.96. The highest BCUT2D eigenvalue weighted by Crippen LogP contribution is 2.32. The van der Waals surface area contributed by atoms with Crippen LogP contribution in [0.5, 0.6) is 23.1 Å². The van der Waals surface area contributed by atoms with Crippen molar-refractivity contribution in [1.82, 2.24) is 15.5 Å². The lowest BCUT2D eigenvalue weighted by atomic mass is 10.1. The van der Waals surface area contributed by atoms with E-state index in [1.54, 1.807) is 30.3 Å². The number of hydrogen-bond donors (Lipinski definition) is 1. The van der Waals surface area contributed by atoms with Crippen LogP contribution in [0, 0.1) is 5.82 Å². The molecule has 0 atom stereocenters. The van der Waals surface area contributed by atoms with Crippen LogP contribution in [0.1, 0.15) is 15.9 Å². The minimum atomic E-state index is -0.344. The molecule has 2 heterocycles. The van der Waals surface area contributed by atoms with Gasteiger partial charge in [0, 0.05) is 23.7 Å². The molecule has 1 aliphatic heterocycles. The molecule has 7 nitrogen and oxygen atoms in total. The Bertz CT molecular complexity index is 1290. The molecule has 1 N–H and O–H groups in total. The molecule has 0 saturated heterocycles. The van der Waals surface area contributed by atoms with E-state index < -0.39 is 0 Å². The van der Waals surface area contributed by atoms with E-state index in [-0.39, 0.29) is 24.4 Å². The fraction of sp³-hybridized carbons (Fsp3) is 0.0800. The molecule has 4 aromatic rings. The molecule has 1 amide bonds. The molecule has 0 bridgehead atoms. The van der Waals surface area contributed by atoms with Crippen LogP contribution >= 0.6 is 0 Å². The SMILES string of the molecule is O=C(NCc1ccc2c(c1)OCO2)c1cccc(-c2ccc(Oc3ccc(F)cc3)nn2)c1. The van der Waals surface area contributed by atoms with Crippen molar-refractivity contribution >= 4 is 5.91 Å². The van der Waals surface area contributed by atoms with Crippen molar-refractivity contribution in [2.45, 2.75) is 6.54 Å². The van der Waals surface area contributed by atoms with E-state index in [1.807, 2.05) is 24.3 Å². The summed E-state index contributed by atoms with van der Waals surface area (Å²) >= 11 is 0. The number of carbonyl (C=O) groups excluding carboxylic acids is 1. The second-order valence-corrected chi connectivity index (χ2v) is 7.26. The number of halogens is 1. The Labute approximate surface area is 188 Å². The number of carbonyl (C=O) groups is 1. The topological polar surface area (TPSA) is 82.6 Å². The third-order valence-electron chi connectivity index (χ3n) is 4.99. The van der Waals surface area contributed by atoms with Gasteiger partial charge in [-0.05, 0) is 60.2 Å². The van der Waals surface area contributed by atoms with E-state index in [4.69, 9.17) is 14.2 Å². The summed E-state index contributed by atoms with van der Waals surface area (Å²) < 4.78 is 29.3. The first kappa shape index (κ1) is 20.4. The van der Waals surface area contributed by atoms with E-state index in [0.29, 0.717) is 35.1 Å². The van der Waals surface area contributed by atoms with Crippen LogP contribution < -0.4 is 19.5 Å². The van der Waals surface area contributed by atoms with Gasteiger partial charge in [-0.1, -0.05) is 18.2 Å². The smallest absolute Gasteiger partial charge is 0.251 e. The van der Waals surface area contributed by atoms with Crippen LogP contribution in [-0.2, 0) is 6.54 Å². The van der Waals surface area contributed by atoms with E-state index in [0.717, 1.165) is 11.1 Å². The van der Waals surface area contributed by atoms with E-state index >= 15 is 0 Å². The molecular weight excluding hydrogens is 425 g/mol. The fourth-order valence-corrected chi connectivity index (χ4v) is 3.31. The maximum Gasteiger partial charge on any atom is 0.251 e. The van der Waals surface area contributed by atoms with Gasteiger partial charge in [0.05, 0.1) is 5.69 Å². The molecule has 5 rings (SSSR count). The Balaban J connectivity index is 1.24. The summed E-state index contributed by atoms with van der Waals surface area (Å²) in [5, 5.41) is 11.2. The number of nitrogens with zero attached hydrogens (tertiary/aromatic N) is 2. The molecule has 33 heavy (non-hydrogen) atoms. The largest absolute Gasteiger partial charge is 0.454 e. The Kier molecular flexibility index (Phi) is 5.55. The number of hydrogen-bond acceptors (Lipinski definition) is 6. The number of rotatable bonds is 6. The molecule has 1 aliphatic rings. The van der Waals surface area contributed by atoms with Crippen molar-refractivity contribution in [1.29, 1.82) is 0 Å². The van der Waals surface area contributed by atoms with Gasteiger partial charge in [-0.3, -0.25) is 4.79 Å². The maximum atomic E-state index is 13.0. The molecule has 0 spiro atoms. The van der Waals surface area contributed by atoms with Gasteiger partial charge in [0.15, 0.2) is 11.5 Å². The number of aromatic nitrogens is 2.